The Hall–Kier alpha value is -0.830. The predicted octanol–water partition coefficient (Wildman–Crippen LogP) is 4.39. The molecule has 1 aromatic carbocycles. The lowest BCUT2D eigenvalue weighted by Gasteiger charge is -2.07. The third kappa shape index (κ3) is 3.09. The summed E-state index contributed by atoms with van der Waals surface area (Å²) in [6.07, 6.45) is 0. The zero-order chi connectivity index (χ0) is 12.3. The molecule has 0 radical (unpaired) electrons. The monoisotopic (exact) mass is 265 g/mol. The van der Waals surface area contributed by atoms with Crippen LogP contribution in [0.4, 0.5) is 0 Å². The normalized spacial score (nSPS) is 12.6. The topological polar surface area (TPSA) is 12.0 Å². The van der Waals surface area contributed by atoms with Crippen LogP contribution < -0.4 is 5.32 Å². The number of benzene rings is 1. The molecular formula is C14H16ClNS. The van der Waals surface area contributed by atoms with Gasteiger partial charge in [-0.25, -0.2) is 0 Å². The van der Waals surface area contributed by atoms with Gasteiger partial charge in [0.2, 0.25) is 0 Å². The van der Waals surface area contributed by atoms with E-state index in [4.69, 9.17) is 11.6 Å². The fraction of sp³-hybridized carbons (Fsp3) is 0.286. The zero-order valence-corrected chi connectivity index (χ0v) is 11.6. The first-order valence-electron chi connectivity index (χ1n) is 5.69. The van der Waals surface area contributed by atoms with Crippen LogP contribution in [-0.4, -0.2) is 13.6 Å². The van der Waals surface area contributed by atoms with Gasteiger partial charge >= 0.3 is 0 Å². The first-order chi connectivity index (χ1) is 8.20. The molecule has 0 fully saturated rings. The zero-order valence-electron chi connectivity index (χ0n) is 10.0. The Labute approximate surface area is 111 Å². The van der Waals surface area contributed by atoms with E-state index in [9.17, 15) is 0 Å². The highest BCUT2D eigenvalue weighted by atomic mass is 35.5. The van der Waals surface area contributed by atoms with Gasteiger partial charge in [-0.2, -0.15) is 0 Å². The molecule has 0 aliphatic carbocycles. The number of likely N-dealkylation sites (N-methyl/N-ethyl adjacent to an activating group) is 1. The first-order valence-corrected chi connectivity index (χ1v) is 6.95. The van der Waals surface area contributed by atoms with Crippen LogP contribution >= 0.6 is 22.9 Å². The molecule has 0 saturated carbocycles. The van der Waals surface area contributed by atoms with Crippen molar-refractivity contribution in [1.82, 2.24) is 5.32 Å². The molecule has 1 nitrogen and oxygen atoms in total. The Morgan fingerprint density at radius 2 is 2.00 bits per heavy atom. The molecule has 0 amide bonds. The Balaban J connectivity index is 2.20. The minimum atomic E-state index is 0.553. The maximum absolute atomic E-state index is 5.89. The van der Waals surface area contributed by atoms with Crippen molar-refractivity contribution in [2.24, 2.45) is 0 Å². The summed E-state index contributed by atoms with van der Waals surface area (Å²) in [4.78, 5) is 1.31. The van der Waals surface area contributed by atoms with E-state index in [2.05, 4.69) is 35.8 Å². The molecule has 1 heterocycles. The molecule has 90 valence electrons. The number of halogens is 1. The second-order valence-corrected chi connectivity index (χ2v) is 5.56. The number of hydrogen-bond donors (Lipinski definition) is 1. The highest BCUT2D eigenvalue weighted by Crippen LogP contribution is 2.31. The van der Waals surface area contributed by atoms with Gasteiger partial charge in [0.15, 0.2) is 0 Å². The van der Waals surface area contributed by atoms with E-state index < -0.39 is 0 Å². The van der Waals surface area contributed by atoms with Crippen LogP contribution in [0.1, 0.15) is 18.4 Å². The summed E-state index contributed by atoms with van der Waals surface area (Å²) in [6, 6.07) is 10.3. The molecule has 17 heavy (non-hydrogen) atoms. The van der Waals surface area contributed by atoms with E-state index in [0.717, 1.165) is 11.6 Å². The minimum Gasteiger partial charge on any atom is -0.319 e. The average Bonchev–Trinajstić information content (AvgIpc) is 2.80. The SMILES string of the molecule is CNCC(C)c1csc(-c2ccc(Cl)cc2)c1. The largest absolute Gasteiger partial charge is 0.319 e. The van der Waals surface area contributed by atoms with Crippen molar-refractivity contribution in [3.8, 4) is 10.4 Å². The van der Waals surface area contributed by atoms with Crippen molar-refractivity contribution in [3.05, 3.63) is 46.3 Å². The van der Waals surface area contributed by atoms with Crippen LogP contribution in [0.3, 0.4) is 0 Å². The van der Waals surface area contributed by atoms with E-state index in [1.807, 2.05) is 19.2 Å². The maximum Gasteiger partial charge on any atom is 0.0406 e. The lowest BCUT2D eigenvalue weighted by molar-refractivity contribution is 0.680. The Kier molecular flexibility index (Phi) is 4.21. The average molecular weight is 266 g/mol. The first kappa shape index (κ1) is 12.6. The van der Waals surface area contributed by atoms with Gasteiger partial charge in [-0.1, -0.05) is 30.7 Å². The van der Waals surface area contributed by atoms with Crippen LogP contribution in [0.15, 0.2) is 35.7 Å². The van der Waals surface area contributed by atoms with Gasteiger partial charge in [-0.15, -0.1) is 11.3 Å². The number of hydrogen-bond acceptors (Lipinski definition) is 2. The second-order valence-electron chi connectivity index (χ2n) is 4.21. The van der Waals surface area contributed by atoms with Gasteiger partial charge < -0.3 is 5.32 Å². The molecule has 0 aliphatic rings. The lowest BCUT2D eigenvalue weighted by Crippen LogP contribution is -2.14. The molecule has 2 aromatic rings. The van der Waals surface area contributed by atoms with Crippen LogP contribution in [0.5, 0.6) is 0 Å². The smallest absolute Gasteiger partial charge is 0.0406 e. The molecule has 0 spiro atoms. The predicted molar refractivity (Wildman–Crippen MR) is 77.1 cm³/mol. The van der Waals surface area contributed by atoms with Crippen LogP contribution in [0.2, 0.25) is 5.02 Å². The van der Waals surface area contributed by atoms with E-state index in [1.54, 1.807) is 11.3 Å². The fourth-order valence-electron chi connectivity index (χ4n) is 1.80. The third-order valence-electron chi connectivity index (χ3n) is 2.83. The summed E-state index contributed by atoms with van der Waals surface area (Å²) in [5.74, 6) is 0.553. The van der Waals surface area contributed by atoms with Crippen LogP contribution in [0, 0.1) is 0 Å². The number of nitrogens with one attached hydrogen (secondary N) is 1. The summed E-state index contributed by atoms with van der Waals surface area (Å²) in [7, 11) is 1.99. The number of thiophene rings is 1. The van der Waals surface area contributed by atoms with Gasteiger partial charge in [0.1, 0.15) is 0 Å². The van der Waals surface area contributed by atoms with Crippen molar-refractivity contribution < 1.29 is 0 Å². The number of rotatable bonds is 4. The van der Waals surface area contributed by atoms with Gasteiger partial charge in [-0.05, 0) is 47.7 Å². The standard InChI is InChI=1S/C14H16ClNS/c1-10(8-16-2)12-7-14(17-9-12)11-3-5-13(15)6-4-11/h3-7,9-10,16H,8H2,1-2H3. The van der Waals surface area contributed by atoms with Crippen LogP contribution in [0.25, 0.3) is 10.4 Å². The summed E-state index contributed by atoms with van der Waals surface area (Å²) in [6.45, 7) is 3.25. The molecule has 0 bridgehead atoms. The van der Waals surface area contributed by atoms with Gasteiger partial charge in [0.25, 0.3) is 0 Å². The molecule has 0 aliphatic heterocycles. The van der Waals surface area contributed by atoms with E-state index in [-0.39, 0.29) is 0 Å². The summed E-state index contributed by atoms with van der Waals surface area (Å²) >= 11 is 7.68. The highest BCUT2D eigenvalue weighted by Gasteiger charge is 2.08. The van der Waals surface area contributed by atoms with E-state index >= 15 is 0 Å². The van der Waals surface area contributed by atoms with E-state index in [0.29, 0.717) is 5.92 Å². The van der Waals surface area contributed by atoms with Crippen molar-refractivity contribution >= 4 is 22.9 Å². The van der Waals surface area contributed by atoms with Crippen molar-refractivity contribution in [2.75, 3.05) is 13.6 Å². The summed E-state index contributed by atoms with van der Waals surface area (Å²) in [5, 5.41) is 6.24. The molecule has 1 N–H and O–H groups in total. The summed E-state index contributed by atoms with van der Waals surface area (Å²) in [5.41, 5.74) is 2.64. The maximum atomic E-state index is 5.89. The van der Waals surface area contributed by atoms with Crippen LogP contribution in [-0.2, 0) is 0 Å². The van der Waals surface area contributed by atoms with Crippen molar-refractivity contribution in [3.63, 3.8) is 0 Å². The molecule has 0 saturated heterocycles. The van der Waals surface area contributed by atoms with E-state index in [1.165, 1.54) is 16.0 Å². The fourth-order valence-corrected chi connectivity index (χ4v) is 2.96. The van der Waals surface area contributed by atoms with Gasteiger partial charge in [-0.3, -0.25) is 0 Å². The molecule has 1 atom stereocenters. The molecule has 2 rings (SSSR count). The quantitative estimate of drug-likeness (QED) is 0.864. The summed E-state index contributed by atoms with van der Waals surface area (Å²) < 4.78 is 0. The molecule has 1 aromatic heterocycles. The minimum absolute atomic E-state index is 0.553. The van der Waals surface area contributed by atoms with Gasteiger partial charge in [0.05, 0.1) is 0 Å². The highest BCUT2D eigenvalue weighted by molar-refractivity contribution is 7.13. The van der Waals surface area contributed by atoms with Gasteiger partial charge in [0, 0.05) is 16.4 Å². The molecule has 1 unspecified atom stereocenters. The Morgan fingerprint density at radius 1 is 1.29 bits per heavy atom. The lowest BCUT2D eigenvalue weighted by atomic mass is 10.0. The Bertz CT molecular complexity index is 475. The molecule has 3 heteroatoms. The van der Waals surface area contributed by atoms with Crippen molar-refractivity contribution in [2.45, 2.75) is 12.8 Å². The molecular weight excluding hydrogens is 250 g/mol. The second kappa shape index (κ2) is 5.67. The third-order valence-corrected chi connectivity index (χ3v) is 4.08. The van der Waals surface area contributed by atoms with Crippen molar-refractivity contribution in [1.29, 1.82) is 0 Å². The Morgan fingerprint density at radius 3 is 2.65 bits per heavy atom.